The molecule has 0 N–H and O–H groups in total. The summed E-state index contributed by atoms with van der Waals surface area (Å²) < 4.78 is 0. The molecule has 120 valence electrons. The molecule has 2 aromatic carbocycles. The molecule has 0 saturated carbocycles. The lowest BCUT2D eigenvalue weighted by Crippen LogP contribution is -2.48. The SMILES string of the molecule is CN1CC(=O)N2C(=N1)CN=C(c1ccccc1)c1cc(Cl)ccc12. The molecule has 5 nitrogen and oxygen atoms in total. The molecule has 0 atom stereocenters. The molecule has 0 spiro atoms. The number of rotatable bonds is 1. The van der Waals surface area contributed by atoms with E-state index in [-0.39, 0.29) is 12.5 Å². The summed E-state index contributed by atoms with van der Waals surface area (Å²) in [4.78, 5) is 19.0. The minimum absolute atomic E-state index is 0.0180. The molecule has 0 aliphatic carbocycles. The van der Waals surface area contributed by atoms with E-state index in [1.807, 2.05) is 42.5 Å². The van der Waals surface area contributed by atoms with Gasteiger partial charge in [-0.15, -0.1) is 0 Å². The van der Waals surface area contributed by atoms with E-state index in [1.54, 1.807) is 23.0 Å². The van der Waals surface area contributed by atoms with Crippen molar-refractivity contribution in [1.82, 2.24) is 5.01 Å². The molecule has 4 rings (SSSR count). The van der Waals surface area contributed by atoms with Crippen molar-refractivity contribution in [2.75, 3.05) is 25.0 Å². The van der Waals surface area contributed by atoms with Crippen LogP contribution < -0.4 is 4.90 Å². The van der Waals surface area contributed by atoms with Crippen LogP contribution in [0.2, 0.25) is 5.02 Å². The average Bonchev–Trinajstić information content (AvgIpc) is 2.72. The third kappa shape index (κ3) is 2.47. The van der Waals surface area contributed by atoms with Crippen molar-refractivity contribution in [2.45, 2.75) is 0 Å². The molecule has 0 aromatic heterocycles. The fraction of sp³-hybridized carbons (Fsp3) is 0.167. The first kappa shape index (κ1) is 14.9. The Balaban J connectivity index is 1.95. The Labute approximate surface area is 144 Å². The zero-order valence-electron chi connectivity index (χ0n) is 13.1. The third-order valence-corrected chi connectivity index (χ3v) is 4.27. The van der Waals surface area contributed by atoms with Crippen LogP contribution in [0, 0.1) is 0 Å². The smallest absolute Gasteiger partial charge is 0.253 e. The molecular weight excluding hydrogens is 324 g/mol. The van der Waals surface area contributed by atoms with E-state index in [4.69, 9.17) is 16.6 Å². The topological polar surface area (TPSA) is 48.3 Å². The average molecular weight is 339 g/mol. The first-order valence-corrected chi connectivity index (χ1v) is 8.02. The van der Waals surface area contributed by atoms with Crippen LogP contribution in [0.15, 0.2) is 58.6 Å². The summed E-state index contributed by atoms with van der Waals surface area (Å²) in [5.41, 5.74) is 3.43. The fourth-order valence-electron chi connectivity index (χ4n) is 3.03. The molecule has 2 heterocycles. The van der Waals surface area contributed by atoms with Gasteiger partial charge in [0, 0.05) is 23.2 Å². The third-order valence-electron chi connectivity index (χ3n) is 4.04. The largest absolute Gasteiger partial charge is 0.289 e. The summed E-state index contributed by atoms with van der Waals surface area (Å²) in [6.07, 6.45) is 0. The molecule has 0 fully saturated rings. The number of fused-ring (bicyclic) bond motifs is 3. The fourth-order valence-corrected chi connectivity index (χ4v) is 3.21. The lowest BCUT2D eigenvalue weighted by molar-refractivity contribution is -0.119. The van der Waals surface area contributed by atoms with Gasteiger partial charge in [0.05, 0.1) is 11.4 Å². The molecule has 2 aliphatic heterocycles. The summed E-state index contributed by atoms with van der Waals surface area (Å²) in [6, 6.07) is 15.4. The number of anilines is 1. The molecule has 0 saturated heterocycles. The highest BCUT2D eigenvalue weighted by atomic mass is 35.5. The number of benzene rings is 2. The Hall–Kier alpha value is -2.66. The Morgan fingerprint density at radius 3 is 2.71 bits per heavy atom. The second-order valence-electron chi connectivity index (χ2n) is 5.75. The Morgan fingerprint density at radius 1 is 1.12 bits per heavy atom. The molecule has 6 heteroatoms. The van der Waals surface area contributed by atoms with Gasteiger partial charge in [0.25, 0.3) is 5.91 Å². The highest BCUT2D eigenvalue weighted by Crippen LogP contribution is 2.31. The van der Waals surface area contributed by atoms with Crippen molar-refractivity contribution >= 4 is 34.7 Å². The quantitative estimate of drug-likeness (QED) is 0.802. The summed E-state index contributed by atoms with van der Waals surface area (Å²) >= 11 is 6.22. The van der Waals surface area contributed by atoms with E-state index in [1.165, 1.54) is 0 Å². The molecule has 2 aromatic rings. The lowest BCUT2D eigenvalue weighted by atomic mass is 10.00. The normalized spacial score (nSPS) is 16.8. The number of halogens is 1. The van der Waals surface area contributed by atoms with E-state index in [0.717, 1.165) is 22.5 Å². The zero-order valence-corrected chi connectivity index (χ0v) is 13.9. The van der Waals surface area contributed by atoms with E-state index < -0.39 is 0 Å². The van der Waals surface area contributed by atoms with Crippen molar-refractivity contribution in [2.24, 2.45) is 10.1 Å². The van der Waals surface area contributed by atoms with Gasteiger partial charge in [0.1, 0.15) is 13.1 Å². The number of amidine groups is 1. The van der Waals surface area contributed by atoms with Crippen molar-refractivity contribution in [1.29, 1.82) is 0 Å². The highest BCUT2D eigenvalue weighted by Gasteiger charge is 2.32. The van der Waals surface area contributed by atoms with E-state index in [0.29, 0.717) is 17.4 Å². The second-order valence-corrected chi connectivity index (χ2v) is 6.19. The number of aliphatic imine (C=N–C) groups is 1. The minimum Gasteiger partial charge on any atom is -0.289 e. The zero-order chi connectivity index (χ0) is 16.7. The van der Waals surface area contributed by atoms with Crippen LogP contribution in [-0.2, 0) is 4.79 Å². The number of carbonyl (C=O) groups excluding carboxylic acids is 1. The molecular formula is C18H15ClN4O. The van der Waals surface area contributed by atoms with Crippen LogP contribution in [0.1, 0.15) is 11.1 Å². The van der Waals surface area contributed by atoms with Crippen LogP contribution in [0.3, 0.4) is 0 Å². The highest BCUT2D eigenvalue weighted by molar-refractivity contribution is 6.33. The minimum atomic E-state index is -0.0180. The van der Waals surface area contributed by atoms with Crippen molar-refractivity contribution in [3.05, 3.63) is 64.7 Å². The van der Waals surface area contributed by atoms with Crippen molar-refractivity contribution in [3.8, 4) is 0 Å². The van der Waals surface area contributed by atoms with Crippen LogP contribution >= 0.6 is 11.6 Å². The second kappa shape index (κ2) is 5.76. The summed E-state index contributed by atoms with van der Waals surface area (Å²) in [5.74, 6) is 0.610. The van der Waals surface area contributed by atoms with Gasteiger partial charge >= 0.3 is 0 Å². The number of amides is 1. The van der Waals surface area contributed by atoms with Gasteiger partial charge < -0.3 is 0 Å². The molecule has 2 aliphatic rings. The molecule has 1 amide bonds. The van der Waals surface area contributed by atoms with Gasteiger partial charge in [-0.25, -0.2) is 0 Å². The van der Waals surface area contributed by atoms with Crippen molar-refractivity contribution < 1.29 is 4.79 Å². The standard InChI is InChI=1S/C18H15ClN4O/c1-22-11-17(24)23-15-8-7-13(19)9-14(15)18(20-10-16(23)21-22)12-5-3-2-4-6-12/h2-9H,10-11H2,1H3. The number of hydrazone groups is 1. The van der Waals surface area contributed by atoms with Crippen LogP contribution in [0.5, 0.6) is 0 Å². The Bertz CT molecular complexity index is 876. The summed E-state index contributed by atoms with van der Waals surface area (Å²) in [5, 5.41) is 6.74. The van der Waals surface area contributed by atoms with Crippen LogP contribution in [-0.4, -0.2) is 42.6 Å². The van der Waals surface area contributed by atoms with E-state index >= 15 is 0 Å². The van der Waals surface area contributed by atoms with Gasteiger partial charge in [-0.1, -0.05) is 41.9 Å². The van der Waals surface area contributed by atoms with E-state index in [2.05, 4.69) is 5.10 Å². The van der Waals surface area contributed by atoms with Crippen LogP contribution in [0.4, 0.5) is 5.69 Å². The molecule has 0 unspecified atom stereocenters. The first-order valence-electron chi connectivity index (χ1n) is 7.65. The van der Waals surface area contributed by atoms with Gasteiger partial charge in [-0.2, -0.15) is 5.10 Å². The predicted molar refractivity (Wildman–Crippen MR) is 96.0 cm³/mol. The van der Waals surface area contributed by atoms with Gasteiger partial charge in [0.15, 0.2) is 5.84 Å². The number of hydrogen-bond donors (Lipinski definition) is 0. The summed E-state index contributed by atoms with van der Waals surface area (Å²) in [7, 11) is 1.79. The van der Waals surface area contributed by atoms with Crippen LogP contribution in [0.25, 0.3) is 0 Å². The number of likely N-dealkylation sites (N-methyl/N-ethyl adjacent to an activating group) is 1. The summed E-state index contributed by atoms with van der Waals surface area (Å²) in [6.45, 7) is 0.582. The monoisotopic (exact) mass is 338 g/mol. The molecule has 24 heavy (non-hydrogen) atoms. The van der Waals surface area contributed by atoms with Crippen molar-refractivity contribution in [3.63, 3.8) is 0 Å². The van der Waals surface area contributed by atoms with Gasteiger partial charge in [-0.05, 0) is 18.2 Å². The number of hydrogen-bond acceptors (Lipinski definition) is 4. The molecule has 0 bridgehead atoms. The predicted octanol–water partition coefficient (Wildman–Crippen LogP) is 2.78. The lowest BCUT2D eigenvalue weighted by Gasteiger charge is -2.30. The van der Waals surface area contributed by atoms with E-state index in [9.17, 15) is 4.79 Å². The number of nitrogens with zero attached hydrogens (tertiary/aromatic N) is 4. The van der Waals surface area contributed by atoms with Gasteiger partial charge in [-0.3, -0.25) is 19.7 Å². The Morgan fingerprint density at radius 2 is 1.92 bits per heavy atom. The maximum atomic E-state index is 12.6. The first-order chi connectivity index (χ1) is 11.6. The Kier molecular flexibility index (Phi) is 3.58. The maximum Gasteiger partial charge on any atom is 0.253 e. The number of carbonyl (C=O) groups is 1. The van der Waals surface area contributed by atoms with Gasteiger partial charge in [0.2, 0.25) is 0 Å². The maximum absolute atomic E-state index is 12.6. The molecule has 0 radical (unpaired) electrons.